The van der Waals surface area contributed by atoms with Crippen LogP contribution in [0.15, 0.2) is 287 Å². The second kappa shape index (κ2) is 16.2. The molecule has 1 aromatic heterocycles. The van der Waals surface area contributed by atoms with Crippen molar-refractivity contribution in [1.29, 1.82) is 0 Å². The molecule has 13 aromatic rings. The first kappa shape index (κ1) is 42.4. The third-order valence-electron chi connectivity index (χ3n) is 16.6. The summed E-state index contributed by atoms with van der Waals surface area (Å²) in [7, 11) is 0. The number of benzene rings is 12. The van der Waals surface area contributed by atoms with Crippen molar-refractivity contribution in [3.8, 4) is 33.4 Å². The van der Waals surface area contributed by atoms with E-state index in [1.54, 1.807) is 0 Å². The predicted octanol–water partition coefficient (Wildman–Crippen LogP) is 19.1. The van der Waals surface area contributed by atoms with E-state index in [-0.39, 0.29) is 0 Å². The van der Waals surface area contributed by atoms with Gasteiger partial charge in [-0.15, -0.1) is 0 Å². The van der Waals surface area contributed by atoms with Gasteiger partial charge in [-0.2, -0.15) is 0 Å². The van der Waals surface area contributed by atoms with Crippen LogP contribution in [0.1, 0.15) is 44.5 Å². The Hall–Kier alpha value is -9.15. The first-order valence-electron chi connectivity index (χ1n) is 25.9. The Bertz CT molecular complexity index is 4370. The number of nitrogens with zero attached hydrogens (tertiary/aromatic N) is 1. The van der Waals surface area contributed by atoms with E-state index in [0.717, 1.165) is 49.8 Å². The highest BCUT2D eigenvalue weighted by Crippen LogP contribution is 2.63. The average Bonchev–Trinajstić information content (AvgIpc) is 4.28. The number of anilines is 3. The van der Waals surface area contributed by atoms with Crippen molar-refractivity contribution in [3.05, 3.63) is 317 Å². The maximum atomic E-state index is 6.59. The van der Waals surface area contributed by atoms with Crippen LogP contribution in [-0.4, -0.2) is 0 Å². The summed E-state index contributed by atoms with van der Waals surface area (Å²) in [5.41, 5.74) is 22.0. The molecule has 3 heteroatoms. The molecule has 0 radical (unpaired) electrons. The van der Waals surface area contributed by atoms with Gasteiger partial charge in [-0.05, 0) is 144 Å². The van der Waals surface area contributed by atoms with Gasteiger partial charge in [0, 0.05) is 42.9 Å². The van der Waals surface area contributed by atoms with Gasteiger partial charge in [0.2, 0.25) is 0 Å². The predicted molar refractivity (Wildman–Crippen MR) is 310 cm³/mol. The van der Waals surface area contributed by atoms with Crippen LogP contribution in [0.5, 0.6) is 0 Å². The zero-order chi connectivity index (χ0) is 49.2. The molecule has 1 spiro atoms. The number of furan rings is 1. The van der Waals surface area contributed by atoms with Crippen molar-refractivity contribution >= 4 is 61.5 Å². The Kier molecular flexibility index (Phi) is 9.14. The van der Waals surface area contributed by atoms with Crippen LogP contribution >= 0.6 is 11.8 Å². The number of fused-ring (bicyclic) bond motifs is 17. The summed E-state index contributed by atoms with van der Waals surface area (Å²) < 4.78 is 6.59. The SMILES string of the molecule is c1ccc(C2(c3ccccc3)c3ccccc3-c3c(N(c4ccc(-c5ccc6c(c5)-c5ccccc5C65c6ccccc6Sc6ccccc65)cc4)c4ccc5c(ccc6c7ccccc7oc56)c4)cccc32)cc1. The van der Waals surface area contributed by atoms with E-state index in [1.165, 1.54) is 87.7 Å². The summed E-state index contributed by atoms with van der Waals surface area (Å²) in [6.07, 6.45) is 0. The van der Waals surface area contributed by atoms with Gasteiger partial charge in [-0.1, -0.05) is 218 Å². The van der Waals surface area contributed by atoms with Crippen molar-refractivity contribution in [2.45, 2.75) is 20.6 Å². The molecular formula is C72H45NOS. The molecule has 1 aliphatic heterocycles. The monoisotopic (exact) mass is 971 g/mol. The molecule has 2 aliphatic carbocycles. The maximum Gasteiger partial charge on any atom is 0.143 e. The molecule has 0 fully saturated rings. The molecule has 16 rings (SSSR count). The molecule has 12 aromatic carbocycles. The molecule has 3 aliphatic rings. The molecule has 0 N–H and O–H groups in total. The van der Waals surface area contributed by atoms with Crippen molar-refractivity contribution in [2.24, 2.45) is 0 Å². The highest BCUT2D eigenvalue weighted by molar-refractivity contribution is 7.99. The van der Waals surface area contributed by atoms with Crippen LogP contribution in [0.2, 0.25) is 0 Å². The van der Waals surface area contributed by atoms with E-state index in [1.807, 2.05) is 17.8 Å². The zero-order valence-corrected chi connectivity index (χ0v) is 41.6. The highest BCUT2D eigenvalue weighted by atomic mass is 32.2. The second-order valence-corrected chi connectivity index (χ2v) is 21.3. The summed E-state index contributed by atoms with van der Waals surface area (Å²) in [4.78, 5) is 5.11. The van der Waals surface area contributed by atoms with Crippen molar-refractivity contribution < 1.29 is 4.42 Å². The van der Waals surface area contributed by atoms with Gasteiger partial charge < -0.3 is 9.32 Å². The lowest BCUT2D eigenvalue weighted by molar-refractivity contribution is 0.672. The third kappa shape index (κ3) is 5.87. The van der Waals surface area contributed by atoms with E-state index >= 15 is 0 Å². The minimum absolute atomic E-state index is 0.406. The third-order valence-corrected chi connectivity index (χ3v) is 17.8. The van der Waals surface area contributed by atoms with Crippen LogP contribution in [0.25, 0.3) is 66.1 Å². The molecule has 2 heterocycles. The number of rotatable bonds is 6. The minimum atomic E-state index is -0.540. The second-order valence-electron chi connectivity index (χ2n) is 20.2. The fraction of sp³-hybridized carbons (Fsp3) is 0.0278. The first-order valence-corrected chi connectivity index (χ1v) is 26.7. The fourth-order valence-electron chi connectivity index (χ4n) is 13.6. The van der Waals surface area contributed by atoms with Gasteiger partial charge in [0.15, 0.2) is 0 Å². The molecule has 0 amide bonds. The van der Waals surface area contributed by atoms with E-state index in [0.29, 0.717) is 0 Å². The van der Waals surface area contributed by atoms with Gasteiger partial charge in [0.05, 0.1) is 16.5 Å². The van der Waals surface area contributed by atoms with E-state index in [2.05, 4.69) is 272 Å². The van der Waals surface area contributed by atoms with Gasteiger partial charge in [0.1, 0.15) is 11.2 Å². The fourth-order valence-corrected chi connectivity index (χ4v) is 14.8. The Morgan fingerprint density at radius 2 is 0.893 bits per heavy atom. The van der Waals surface area contributed by atoms with Crippen LogP contribution in [-0.2, 0) is 10.8 Å². The molecule has 0 bridgehead atoms. The average molecular weight is 972 g/mol. The van der Waals surface area contributed by atoms with Crippen LogP contribution in [0, 0.1) is 0 Å². The molecule has 0 saturated carbocycles. The summed E-state index contributed by atoms with van der Waals surface area (Å²) in [5, 5.41) is 4.48. The van der Waals surface area contributed by atoms with Crippen LogP contribution in [0.3, 0.4) is 0 Å². The van der Waals surface area contributed by atoms with Crippen molar-refractivity contribution in [1.82, 2.24) is 0 Å². The lowest BCUT2D eigenvalue weighted by Crippen LogP contribution is -2.31. The molecule has 0 atom stereocenters. The van der Waals surface area contributed by atoms with E-state index in [4.69, 9.17) is 4.42 Å². The smallest absolute Gasteiger partial charge is 0.143 e. The molecule has 75 heavy (non-hydrogen) atoms. The van der Waals surface area contributed by atoms with E-state index in [9.17, 15) is 0 Å². The van der Waals surface area contributed by atoms with Crippen LogP contribution in [0.4, 0.5) is 17.1 Å². The maximum absolute atomic E-state index is 6.59. The van der Waals surface area contributed by atoms with Gasteiger partial charge in [0.25, 0.3) is 0 Å². The Morgan fingerprint density at radius 1 is 0.333 bits per heavy atom. The molecule has 2 nitrogen and oxygen atoms in total. The number of para-hydroxylation sites is 1. The Morgan fingerprint density at radius 3 is 1.63 bits per heavy atom. The zero-order valence-electron chi connectivity index (χ0n) is 40.7. The highest BCUT2D eigenvalue weighted by Gasteiger charge is 2.50. The lowest BCUT2D eigenvalue weighted by Gasteiger charge is -2.39. The van der Waals surface area contributed by atoms with Gasteiger partial charge in [-0.3, -0.25) is 0 Å². The van der Waals surface area contributed by atoms with Crippen molar-refractivity contribution in [2.75, 3.05) is 4.90 Å². The molecule has 0 saturated heterocycles. The molecule has 0 unspecified atom stereocenters. The number of hydrogen-bond donors (Lipinski definition) is 0. The van der Waals surface area contributed by atoms with Gasteiger partial charge >= 0.3 is 0 Å². The first-order chi connectivity index (χ1) is 37.2. The van der Waals surface area contributed by atoms with Crippen LogP contribution < -0.4 is 4.90 Å². The minimum Gasteiger partial charge on any atom is -0.455 e. The number of hydrogen-bond acceptors (Lipinski definition) is 3. The summed E-state index contributed by atoms with van der Waals surface area (Å²) in [5.74, 6) is 0. The van der Waals surface area contributed by atoms with E-state index < -0.39 is 10.8 Å². The lowest BCUT2D eigenvalue weighted by atomic mass is 9.67. The summed E-state index contributed by atoms with van der Waals surface area (Å²) in [6.45, 7) is 0. The molecule has 350 valence electrons. The topological polar surface area (TPSA) is 16.4 Å². The standard InChI is InChI=1S/C72H45NOS/c1-3-18-49(19-4-1)71(50-20-5-2-6-21-50)60-26-11-8-24-57(60)69-64(71)29-17-30-65(69)73(52-40-42-53-48(44-52)36-41-56-55-23-9-14-31-66(55)74-70(53)56)51-38-34-46(35-39-51)47-37-43-61-58(45-47)54-22-7-10-25-59(54)72(61)62-27-12-15-32-67(62)75-68-33-16-13-28-63(68)72/h1-45H. The quantitative estimate of drug-likeness (QED) is 0.165. The normalized spacial score (nSPS) is 14.0. The molecular weight excluding hydrogens is 927 g/mol. The largest absolute Gasteiger partial charge is 0.455 e. The summed E-state index contributed by atoms with van der Waals surface area (Å²) in [6, 6.07) is 101. The van der Waals surface area contributed by atoms with Crippen molar-refractivity contribution in [3.63, 3.8) is 0 Å². The van der Waals surface area contributed by atoms with Gasteiger partial charge in [-0.25, -0.2) is 0 Å². The summed E-state index contributed by atoms with van der Waals surface area (Å²) >= 11 is 1.89. The Labute approximate surface area is 439 Å². The Balaban J connectivity index is 0.889.